The monoisotopic (exact) mass is 636 g/mol. The minimum absolute atomic E-state index is 0.132. The maximum atomic E-state index is 13.0. The normalized spacial score (nSPS) is 13.5. The summed E-state index contributed by atoms with van der Waals surface area (Å²) in [5.41, 5.74) is 5.20. The fourth-order valence-corrected chi connectivity index (χ4v) is 5.89. The quantitative estimate of drug-likeness (QED) is 0.188. The van der Waals surface area contributed by atoms with E-state index >= 15 is 0 Å². The van der Waals surface area contributed by atoms with Crippen LogP contribution >= 0.6 is 11.3 Å². The molecule has 0 aliphatic carbocycles. The lowest BCUT2D eigenvalue weighted by Crippen LogP contribution is -2.34. The summed E-state index contributed by atoms with van der Waals surface area (Å²) in [6.07, 6.45) is 7.28. The first kappa shape index (κ1) is 30.9. The number of piperidine rings is 1. The van der Waals surface area contributed by atoms with Crippen LogP contribution in [0.15, 0.2) is 67.1 Å². The van der Waals surface area contributed by atoms with E-state index in [1.807, 2.05) is 55.5 Å². The molecule has 236 valence electrons. The molecule has 2 N–H and O–H groups in total. The summed E-state index contributed by atoms with van der Waals surface area (Å²) >= 11 is 1.50. The molecule has 1 aliphatic rings. The first-order valence-electron chi connectivity index (χ1n) is 15.2. The number of ether oxygens (including phenoxy) is 1. The lowest BCUT2D eigenvalue weighted by molar-refractivity contribution is -0.119. The summed E-state index contributed by atoms with van der Waals surface area (Å²) in [4.78, 5) is 41.0. The molecule has 12 heteroatoms. The van der Waals surface area contributed by atoms with Gasteiger partial charge in [-0.25, -0.2) is 24.4 Å². The van der Waals surface area contributed by atoms with Crippen LogP contribution in [0, 0.1) is 13.8 Å². The molecule has 6 rings (SSSR count). The molecular weight excluding hydrogens is 600 g/mol. The number of aromatic nitrogens is 5. The Morgan fingerprint density at radius 2 is 1.67 bits per heavy atom. The maximum absolute atomic E-state index is 13.0. The van der Waals surface area contributed by atoms with Gasteiger partial charge in [-0.05, 0) is 79.8 Å². The molecule has 11 nitrogen and oxygen atoms in total. The SMILES string of the molecule is Cc1ccc(-n2nc(C(C)(C)C)cc2NC(=O)Nc2cnc(Oc3ccc(-c4cnc(N5CCCCC5=O)s4)cc3)nc2)cc1C. The third-order valence-corrected chi connectivity index (χ3v) is 8.81. The van der Waals surface area contributed by atoms with E-state index in [0.29, 0.717) is 23.7 Å². The molecule has 3 aromatic heterocycles. The Labute approximate surface area is 271 Å². The first-order chi connectivity index (χ1) is 22.0. The van der Waals surface area contributed by atoms with E-state index in [-0.39, 0.29) is 17.3 Å². The Balaban J connectivity index is 1.08. The van der Waals surface area contributed by atoms with Gasteiger partial charge in [0.2, 0.25) is 5.91 Å². The fourth-order valence-electron chi connectivity index (χ4n) is 4.93. The maximum Gasteiger partial charge on any atom is 0.324 e. The van der Waals surface area contributed by atoms with Crippen molar-refractivity contribution in [3.8, 4) is 27.9 Å². The average molecular weight is 637 g/mol. The molecule has 0 radical (unpaired) electrons. The Kier molecular flexibility index (Phi) is 8.55. The number of aryl methyl sites for hydroxylation is 2. The Bertz CT molecular complexity index is 1870. The first-order valence-corrected chi connectivity index (χ1v) is 16.0. The van der Waals surface area contributed by atoms with E-state index < -0.39 is 6.03 Å². The van der Waals surface area contributed by atoms with Crippen molar-refractivity contribution in [1.29, 1.82) is 0 Å². The van der Waals surface area contributed by atoms with E-state index in [2.05, 4.69) is 53.3 Å². The molecule has 0 saturated carbocycles. The highest BCUT2D eigenvalue weighted by Crippen LogP contribution is 2.34. The van der Waals surface area contributed by atoms with E-state index in [1.54, 1.807) is 15.8 Å². The van der Waals surface area contributed by atoms with Gasteiger partial charge < -0.3 is 10.1 Å². The summed E-state index contributed by atoms with van der Waals surface area (Å²) in [5, 5.41) is 11.2. The molecule has 4 heterocycles. The molecule has 0 bridgehead atoms. The number of anilines is 3. The third-order valence-electron chi connectivity index (χ3n) is 7.74. The number of nitrogens with zero attached hydrogens (tertiary/aromatic N) is 6. The van der Waals surface area contributed by atoms with Crippen molar-refractivity contribution in [2.45, 2.75) is 59.3 Å². The van der Waals surface area contributed by atoms with Gasteiger partial charge in [-0.1, -0.05) is 38.2 Å². The second kappa shape index (κ2) is 12.7. The lowest BCUT2D eigenvalue weighted by Gasteiger charge is -2.23. The van der Waals surface area contributed by atoms with Crippen LogP contribution in [0.3, 0.4) is 0 Å². The minimum Gasteiger partial charge on any atom is -0.424 e. The number of carbonyl (C=O) groups excluding carboxylic acids is 2. The van der Waals surface area contributed by atoms with Gasteiger partial charge in [0.1, 0.15) is 11.6 Å². The summed E-state index contributed by atoms with van der Waals surface area (Å²) in [7, 11) is 0. The van der Waals surface area contributed by atoms with Crippen molar-refractivity contribution < 1.29 is 14.3 Å². The zero-order valence-corrected chi connectivity index (χ0v) is 27.3. The number of benzene rings is 2. The summed E-state index contributed by atoms with van der Waals surface area (Å²) < 4.78 is 7.57. The highest BCUT2D eigenvalue weighted by molar-refractivity contribution is 7.19. The van der Waals surface area contributed by atoms with Gasteiger partial charge in [0.05, 0.1) is 34.3 Å². The number of hydrogen-bond acceptors (Lipinski definition) is 8. The number of carbonyl (C=O) groups is 2. The lowest BCUT2D eigenvalue weighted by atomic mass is 9.92. The highest BCUT2D eigenvalue weighted by Gasteiger charge is 2.23. The summed E-state index contributed by atoms with van der Waals surface area (Å²) in [6.45, 7) is 11.1. The van der Waals surface area contributed by atoms with Crippen molar-refractivity contribution in [3.63, 3.8) is 0 Å². The number of urea groups is 1. The smallest absolute Gasteiger partial charge is 0.324 e. The van der Waals surface area contributed by atoms with Crippen LogP contribution in [0.2, 0.25) is 0 Å². The predicted octanol–water partition coefficient (Wildman–Crippen LogP) is 7.65. The second-order valence-corrected chi connectivity index (χ2v) is 13.3. The molecular formula is C34H36N8O3S. The number of rotatable bonds is 7. The van der Waals surface area contributed by atoms with Crippen LogP contribution in [0.5, 0.6) is 11.8 Å². The van der Waals surface area contributed by atoms with E-state index in [4.69, 9.17) is 9.84 Å². The molecule has 1 saturated heterocycles. The topological polar surface area (TPSA) is 127 Å². The zero-order valence-electron chi connectivity index (χ0n) is 26.5. The number of hydrogen-bond donors (Lipinski definition) is 2. The molecule has 3 amide bonds. The Morgan fingerprint density at radius 1 is 0.913 bits per heavy atom. The number of amides is 3. The Morgan fingerprint density at radius 3 is 2.37 bits per heavy atom. The molecule has 46 heavy (non-hydrogen) atoms. The molecule has 1 fully saturated rings. The van der Waals surface area contributed by atoms with Crippen LogP contribution in [-0.2, 0) is 10.2 Å². The van der Waals surface area contributed by atoms with E-state index in [1.165, 1.54) is 29.3 Å². The van der Waals surface area contributed by atoms with Crippen LogP contribution in [-0.4, -0.2) is 43.2 Å². The standard InChI is InChI=1S/C34H36N8O3S/c1-21-9-12-25(16-22(21)2)42-29(17-28(40-42)34(3,4)5)39-31(44)38-24-18-35-32(36-19-24)45-26-13-10-23(11-14-26)27-20-37-33(46-27)41-15-7-6-8-30(41)43/h9-14,16-20H,6-8,15H2,1-5H3,(H2,38,39,44). The third kappa shape index (κ3) is 6.91. The summed E-state index contributed by atoms with van der Waals surface area (Å²) in [6, 6.07) is 15.2. The summed E-state index contributed by atoms with van der Waals surface area (Å²) in [5.74, 6) is 1.24. The van der Waals surface area contributed by atoms with Crippen molar-refractivity contribution >= 4 is 39.9 Å². The highest BCUT2D eigenvalue weighted by atomic mass is 32.1. The van der Waals surface area contributed by atoms with Crippen molar-refractivity contribution in [2.24, 2.45) is 0 Å². The number of thiazole rings is 1. The molecule has 0 spiro atoms. The van der Waals surface area contributed by atoms with Gasteiger partial charge >= 0.3 is 12.0 Å². The molecule has 2 aromatic carbocycles. The van der Waals surface area contributed by atoms with E-state index in [0.717, 1.165) is 51.9 Å². The van der Waals surface area contributed by atoms with Crippen molar-refractivity contribution in [3.05, 3.63) is 83.9 Å². The molecule has 0 unspecified atom stereocenters. The van der Waals surface area contributed by atoms with Crippen LogP contribution in [0.25, 0.3) is 16.1 Å². The van der Waals surface area contributed by atoms with Gasteiger partial charge in [-0.2, -0.15) is 5.10 Å². The molecule has 1 aliphatic heterocycles. The van der Waals surface area contributed by atoms with Crippen LogP contribution in [0.4, 0.5) is 21.4 Å². The van der Waals surface area contributed by atoms with Crippen molar-refractivity contribution in [1.82, 2.24) is 24.7 Å². The zero-order chi connectivity index (χ0) is 32.4. The van der Waals surface area contributed by atoms with Crippen LogP contribution < -0.4 is 20.3 Å². The Hall–Kier alpha value is -5.10. The molecule has 0 atom stereocenters. The van der Waals surface area contributed by atoms with Gasteiger partial charge in [-0.3, -0.25) is 15.0 Å². The van der Waals surface area contributed by atoms with Gasteiger partial charge in [0, 0.05) is 30.6 Å². The largest absolute Gasteiger partial charge is 0.424 e. The van der Waals surface area contributed by atoms with Crippen LogP contribution in [0.1, 0.15) is 56.9 Å². The van der Waals surface area contributed by atoms with Gasteiger partial charge in [-0.15, -0.1) is 0 Å². The predicted molar refractivity (Wildman–Crippen MR) is 180 cm³/mol. The average Bonchev–Trinajstić information content (AvgIpc) is 3.68. The number of nitrogens with one attached hydrogen (secondary N) is 2. The van der Waals surface area contributed by atoms with Gasteiger partial charge in [0.25, 0.3) is 0 Å². The van der Waals surface area contributed by atoms with Crippen molar-refractivity contribution in [2.75, 3.05) is 22.1 Å². The van der Waals surface area contributed by atoms with Gasteiger partial charge in [0.15, 0.2) is 5.13 Å². The minimum atomic E-state index is -0.450. The van der Waals surface area contributed by atoms with E-state index in [9.17, 15) is 9.59 Å². The fraction of sp³-hybridized carbons (Fsp3) is 0.294. The molecule has 5 aromatic rings. The second-order valence-electron chi connectivity index (χ2n) is 12.3.